The molecule has 0 atom stereocenters. The maximum Gasteiger partial charge on any atom is 0.123 e. The summed E-state index contributed by atoms with van der Waals surface area (Å²) in [5, 5.41) is 4.28. The van der Waals surface area contributed by atoms with Crippen LogP contribution in [0.25, 0.3) is 11.3 Å². The van der Waals surface area contributed by atoms with Gasteiger partial charge in [0.25, 0.3) is 0 Å². The van der Waals surface area contributed by atoms with E-state index in [0.29, 0.717) is 5.82 Å². The topological polar surface area (TPSA) is 74.5 Å². The molecule has 102 valence electrons. The van der Waals surface area contributed by atoms with E-state index in [1.54, 1.807) is 6.20 Å². The second-order valence-electron chi connectivity index (χ2n) is 4.72. The maximum atomic E-state index is 5.73. The zero-order valence-corrected chi connectivity index (χ0v) is 11.3. The third-order valence-electron chi connectivity index (χ3n) is 3.12. The number of nitrogens with zero attached hydrogens (tertiary/aromatic N) is 5. The van der Waals surface area contributed by atoms with Crippen molar-refractivity contribution in [3.05, 3.63) is 48.8 Å². The predicted octanol–water partition coefficient (Wildman–Crippen LogP) is 1.73. The van der Waals surface area contributed by atoms with Crippen molar-refractivity contribution >= 4 is 5.82 Å². The lowest BCUT2D eigenvalue weighted by molar-refractivity contribution is 0.535. The Kier molecular flexibility index (Phi) is 3.20. The number of aryl methyl sites for hydroxylation is 3. The Morgan fingerprint density at radius 3 is 2.90 bits per heavy atom. The van der Waals surface area contributed by atoms with Gasteiger partial charge in [-0.1, -0.05) is 0 Å². The average Bonchev–Trinajstić information content (AvgIpc) is 3.05. The molecule has 0 spiro atoms. The van der Waals surface area contributed by atoms with Crippen molar-refractivity contribution in [2.24, 2.45) is 0 Å². The third-order valence-corrected chi connectivity index (χ3v) is 3.12. The molecule has 0 aromatic carbocycles. The van der Waals surface area contributed by atoms with Crippen LogP contribution in [0.15, 0.2) is 43.2 Å². The van der Waals surface area contributed by atoms with E-state index < -0.39 is 0 Å². The van der Waals surface area contributed by atoms with Gasteiger partial charge < -0.3 is 10.3 Å². The summed E-state index contributed by atoms with van der Waals surface area (Å²) in [7, 11) is 0. The second kappa shape index (κ2) is 5.16. The van der Waals surface area contributed by atoms with Gasteiger partial charge >= 0.3 is 0 Å². The van der Waals surface area contributed by atoms with Gasteiger partial charge in [0.15, 0.2) is 0 Å². The number of rotatable bonds is 4. The number of nitrogens with two attached hydrogens (primary N) is 1. The molecule has 6 heteroatoms. The van der Waals surface area contributed by atoms with Gasteiger partial charge in [-0.3, -0.25) is 4.68 Å². The molecular formula is C14H16N6. The van der Waals surface area contributed by atoms with Crippen molar-refractivity contribution in [2.45, 2.75) is 20.0 Å². The minimum absolute atomic E-state index is 0.512. The molecule has 0 aliphatic heterocycles. The van der Waals surface area contributed by atoms with Crippen LogP contribution in [-0.2, 0) is 13.1 Å². The van der Waals surface area contributed by atoms with Crippen LogP contribution in [-0.4, -0.2) is 24.3 Å². The molecule has 20 heavy (non-hydrogen) atoms. The van der Waals surface area contributed by atoms with Gasteiger partial charge in [-0.05, 0) is 24.6 Å². The first kappa shape index (κ1) is 12.4. The second-order valence-corrected chi connectivity index (χ2v) is 4.72. The number of hydrogen-bond donors (Lipinski definition) is 1. The third kappa shape index (κ3) is 2.54. The Hall–Kier alpha value is -2.63. The van der Waals surface area contributed by atoms with Crippen molar-refractivity contribution < 1.29 is 0 Å². The number of aromatic nitrogens is 5. The Morgan fingerprint density at radius 1 is 1.25 bits per heavy atom. The lowest BCUT2D eigenvalue weighted by Gasteiger charge is -2.08. The van der Waals surface area contributed by atoms with Crippen molar-refractivity contribution in [1.29, 1.82) is 0 Å². The molecule has 3 rings (SSSR count). The normalized spacial score (nSPS) is 10.8. The molecule has 3 aromatic heterocycles. The van der Waals surface area contributed by atoms with Crippen LogP contribution in [0.5, 0.6) is 0 Å². The molecule has 2 N–H and O–H groups in total. The van der Waals surface area contributed by atoms with Crippen LogP contribution in [0.4, 0.5) is 5.82 Å². The number of pyridine rings is 1. The zero-order chi connectivity index (χ0) is 13.9. The van der Waals surface area contributed by atoms with Crippen LogP contribution in [0, 0.1) is 6.92 Å². The van der Waals surface area contributed by atoms with E-state index in [0.717, 1.165) is 29.9 Å². The van der Waals surface area contributed by atoms with E-state index in [1.807, 2.05) is 48.7 Å². The van der Waals surface area contributed by atoms with E-state index in [9.17, 15) is 0 Å². The smallest absolute Gasteiger partial charge is 0.123 e. The number of anilines is 1. The van der Waals surface area contributed by atoms with Gasteiger partial charge in [-0.15, -0.1) is 0 Å². The molecule has 0 amide bonds. The largest absolute Gasteiger partial charge is 0.384 e. The molecule has 3 heterocycles. The monoisotopic (exact) mass is 268 g/mol. The Labute approximate surface area is 116 Å². The highest BCUT2D eigenvalue weighted by Crippen LogP contribution is 2.19. The quantitative estimate of drug-likeness (QED) is 0.782. The van der Waals surface area contributed by atoms with Crippen molar-refractivity contribution in [2.75, 3.05) is 5.73 Å². The summed E-state index contributed by atoms with van der Waals surface area (Å²) in [5.41, 5.74) is 8.94. The van der Waals surface area contributed by atoms with E-state index in [2.05, 4.69) is 19.6 Å². The molecule has 0 saturated carbocycles. The molecular weight excluding hydrogens is 252 g/mol. The standard InChI is InChI=1S/C14H16N6/c1-11-7-18-20(9-11)5-4-19-10-16-8-13(19)12-2-3-17-14(15)6-12/h2-3,6-10H,4-5H2,1H3,(H2,15,17). The molecule has 0 saturated heterocycles. The summed E-state index contributed by atoms with van der Waals surface area (Å²) in [4.78, 5) is 8.23. The SMILES string of the molecule is Cc1cnn(CCn2cncc2-c2ccnc(N)c2)c1. The van der Waals surface area contributed by atoms with E-state index in [4.69, 9.17) is 5.73 Å². The first-order chi connectivity index (χ1) is 9.72. The highest BCUT2D eigenvalue weighted by molar-refractivity contribution is 5.61. The highest BCUT2D eigenvalue weighted by Gasteiger charge is 2.06. The Morgan fingerprint density at radius 2 is 2.15 bits per heavy atom. The molecule has 0 radical (unpaired) electrons. The van der Waals surface area contributed by atoms with E-state index >= 15 is 0 Å². The molecule has 0 unspecified atom stereocenters. The Bertz CT molecular complexity index is 712. The first-order valence-electron chi connectivity index (χ1n) is 6.43. The van der Waals surface area contributed by atoms with Crippen LogP contribution in [0.2, 0.25) is 0 Å². The van der Waals surface area contributed by atoms with E-state index in [-0.39, 0.29) is 0 Å². The fourth-order valence-corrected chi connectivity index (χ4v) is 2.15. The van der Waals surface area contributed by atoms with Crippen LogP contribution < -0.4 is 5.73 Å². The highest BCUT2D eigenvalue weighted by atomic mass is 15.3. The summed E-state index contributed by atoms with van der Waals surface area (Å²) in [6.07, 6.45) is 9.25. The van der Waals surface area contributed by atoms with Crippen LogP contribution in [0.1, 0.15) is 5.56 Å². The lowest BCUT2D eigenvalue weighted by atomic mass is 10.2. The molecule has 6 nitrogen and oxygen atoms in total. The summed E-state index contributed by atoms with van der Waals surface area (Å²) >= 11 is 0. The predicted molar refractivity (Wildman–Crippen MR) is 76.8 cm³/mol. The van der Waals surface area contributed by atoms with Crippen molar-refractivity contribution in [1.82, 2.24) is 24.3 Å². The van der Waals surface area contributed by atoms with Crippen molar-refractivity contribution in [3.8, 4) is 11.3 Å². The van der Waals surface area contributed by atoms with Gasteiger partial charge in [-0.2, -0.15) is 5.10 Å². The van der Waals surface area contributed by atoms with Crippen LogP contribution >= 0.6 is 0 Å². The summed E-state index contributed by atoms with van der Waals surface area (Å²) < 4.78 is 4.02. The summed E-state index contributed by atoms with van der Waals surface area (Å²) in [6, 6.07) is 3.79. The minimum Gasteiger partial charge on any atom is -0.384 e. The molecule has 0 aliphatic carbocycles. The summed E-state index contributed by atoms with van der Waals surface area (Å²) in [5.74, 6) is 0.512. The molecule has 0 bridgehead atoms. The molecule has 0 aliphatic rings. The molecule has 3 aromatic rings. The minimum atomic E-state index is 0.512. The first-order valence-corrected chi connectivity index (χ1v) is 6.43. The average molecular weight is 268 g/mol. The van der Waals surface area contributed by atoms with Gasteiger partial charge in [-0.25, -0.2) is 9.97 Å². The zero-order valence-electron chi connectivity index (χ0n) is 11.3. The lowest BCUT2D eigenvalue weighted by Crippen LogP contribution is -2.08. The van der Waals surface area contributed by atoms with Gasteiger partial charge in [0, 0.05) is 24.5 Å². The number of nitrogen functional groups attached to an aromatic ring is 1. The van der Waals surface area contributed by atoms with Crippen molar-refractivity contribution in [3.63, 3.8) is 0 Å². The summed E-state index contributed by atoms with van der Waals surface area (Å²) in [6.45, 7) is 3.64. The van der Waals surface area contributed by atoms with Gasteiger partial charge in [0.1, 0.15) is 5.82 Å². The van der Waals surface area contributed by atoms with Crippen LogP contribution in [0.3, 0.4) is 0 Å². The number of hydrogen-bond acceptors (Lipinski definition) is 4. The molecule has 0 fully saturated rings. The fourth-order valence-electron chi connectivity index (χ4n) is 2.15. The Balaban J connectivity index is 1.80. The van der Waals surface area contributed by atoms with E-state index in [1.165, 1.54) is 0 Å². The fraction of sp³-hybridized carbons (Fsp3) is 0.214. The number of imidazole rings is 1. The maximum absolute atomic E-state index is 5.73. The van der Waals surface area contributed by atoms with Gasteiger partial charge in [0.05, 0.1) is 31.0 Å². The van der Waals surface area contributed by atoms with Gasteiger partial charge in [0.2, 0.25) is 0 Å².